The molecule has 1 fully saturated rings. The molecular formula is C15H8ClFN2OS2. The van der Waals surface area contributed by atoms with E-state index in [4.69, 9.17) is 23.8 Å². The van der Waals surface area contributed by atoms with E-state index in [1.54, 1.807) is 24.4 Å². The van der Waals surface area contributed by atoms with Crippen molar-refractivity contribution in [2.24, 2.45) is 0 Å². The second kappa shape index (κ2) is 6.16. The summed E-state index contributed by atoms with van der Waals surface area (Å²) in [6.07, 6.45) is 3.32. The quantitative estimate of drug-likeness (QED) is 0.598. The van der Waals surface area contributed by atoms with Crippen molar-refractivity contribution in [2.75, 3.05) is 4.90 Å². The lowest BCUT2D eigenvalue weighted by Crippen LogP contribution is -2.27. The summed E-state index contributed by atoms with van der Waals surface area (Å²) in [5, 5.41) is -0.0553. The zero-order valence-electron chi connectivity index (χ0n) is 11.0. The summed E-state index contributed by atoms with van der Waals surface area (Å²) in [6.45, 7) is 0. The third-order valence-electron chi connectivity index (χ3n) is 2.92. The van der Waals surface area contributed by atoms with Crippen LogP contribution in [0.4, 0.5) is 10.1 Å². The molecule has 0 unspecified atom stereocenters. The standard InChI is InChI=1S/C15H8ClFN2OS2/c16-11-8-10(4-5-12(11)17)19-14(20)13(22-15(19)21)7-9-3-1-2-6-18-9/h1-8H/b13-7-. The molecule has 0 spiro atoms. The molecule has 110 valence electrons. The van der Waals surface area contributed by atoms with E-state index < -0.39 is 5.82 Å². The molecule has 0 saturated carbocycles. The molecule has 7 heteroatoms. The molecule has 1 aromatic heterocycles. The van der Waals surface area contributed by atoms with E-state index in [9.17, 15) is 9.18 Å². The van der Waals surface area contributed by atoms with E-state index in [1.165, 1.54) is 34.9 Å². The predicted octanol–water partition coefficient (Wildman–Crippen LogP) is 4.28. The smallest absolute Gasteiger partial charge is 0.268 e. The monoisotopic (exact) mass is 350 g/mol. The fraction of sp³-hybridized carbons (Fsp3) is 0. The first-order valence-corrected chi connectivity index (χ1v) is 7.80. The number of amides is 1. The number of hydrogen-bond donors (Lipinski definition) is 0. The van der Waals surface area contributed by atoms with Gasteiger partial charge in [0.25, 0.3) is 5.91 Å². The molecule has 1 saturated heterocycles. The van der Waals surface area contributed by atoms with Crippen LogP contribution in [-0.2, 0) is 4.79 Å². The number of thiocarbonyl (C=S) groups is 1. The van der Waals surface area contributed by atoms with Crippen LogP contribution in [0, 0.1) is 5.82 Å². The van der Waals surface area contributed by atoms with Crippen LogP contribution < -0.4 is 4.90 Å². The van der Waals surface area contributed by atoms with Crippen LogP contribution in [-0.4, -0.2) is 15.2 Å². The van der Waals surface area contributed by atoms with E-state index in [1.807, 2.05) is 6.07 Å². The number of pyridine rings is 1. The summed E-state index contributed by atoms with van der Waals surface area (Å²) in [5.41, 5.74) is 1.11. The van der Waals surface area contributed by atoms with Crippen molar-refractivity contribution >= 4 is 57.6 Å². The molecule has 1 aliphatic rings. The number of carbonyl (C=O) groups is 1. The van der Waals surface area contributed by atoms with Gasteiger partial charge in [0.15, 0.2) is 4.32 Å². The second-order valence-electron chi connectivity index (χ2n) is 4.37. The molecule has 3 rings (SSSR count). The zero-order valence-corrected chi connectivity index (χ0v) is 13.4. The Morgan fingerprint density at radius 3 is 2.82 bits per heavy atom. The minimum absolute atomic E-state index is 0.0553. The van der Waals surface area contributed by atoms with E-state index in [0.717, 1.165) is 0 Å². The van der Waals surface area contributed by atoms with Crippen LogP contribution in [0.1, 0.15) is 5.69 Å². The van der Waals surface area contributed by atoms with Crippen LogP contribution in [0.2, 0.25) is 5.02 Å². The van der Waals surface area contributed by atoms with E-state index >= 15 is 0 Å². The Hall–Kier alpha value is -1.76. The topological polar surface area (TPSA) is 33.2 Å². The Kier molecular flexibility index (Phi) is 4.24. The van der Waals surface area contributed by atoms with Gasteiger partial charge >= 0.3 is 0 Å². The molecule has 2 heterocycles. The van der Waals surface area contributed by atoms with Crippen molar-refractivity contribution in [2.45, 2.75) is 0 Å². The fourth-order valence-corrected chi connectivity index (χ4v) is 3.37. The molecule has 3 nitrogen and oxygen atoms in total. The molecule has 0 atom stereocenters. The summed E-state index contributed by atoms with van der Waals surface area (Å²) in [5.74, 6) is -0.816. The highest BCUT2D eigenvalue weighted by Crippen LogP contribution is 2.36. The number of rotatable bonds is 2. The van der Waals surface area contributed by atoms with Crippen molar-refractivity contribution in [3.8, 4) is 0 Å². The number of benzene rings is 1. The van der Waals surface area contributed by atoms with Gasteiger partial charge in [0.2, 0.25) is 0 Å². The van der Waals surface area contributed by atoms with E-state index in [-0.39, 0.29) is 10.9 Å². The van der Waals surface area contributed by atoms with Crippen LogP contribution in [0.15, 0.2) is 47.5 Å². The minimum Gasteiger partial charge on any atom is -0.268 e. The maximum absolute atomic E-state index is 13.3. The Morgan fingerprint density at radius 1 is 1.32 bits per heavy atom. The van der Waals surface area contributed by atoms with Crippen LogP contribution in [0.3, 0.4) is 0 Å². The Morgan fingerprint density at radius 2 is 2.14 bits per heavy atom. The van der Waals surface area contributed by atoms with Gasteiger partial charge in [0.05, 0.1) is 21.3 Å². The highest BCUT2D eigenvalue weighted by atomic mass is 35.5. The molecule has 0 bridgehead atoms. The number of anilines is 1. The molecular weight excluding hydrogens is 343 g/mol. The molecule has 1 aliphatic heterocycles. The average Bonchev–Trinajstić information content (AvgIpc) is 2.78. The molecule has 2 aromatic rings. The second-order valence-corrected chi connectivity index (χ2v) is 6.45. The van der Waals surface area contributed by atoms with Crippen molar-refractivity contribution < 1.29 is 9.18 Å². The minimum atomic E-state index is -0.542. The number of hydrogen-bond acceptors (Lipinski definition) is 4. The maximum atomic E-state index is 13.3. The summed E-state index contributed by atoms with van der Waals surface area (Å²) < 4.78 is 13.6. The molecule has 0 N–H and O–H groups in total. The number of nitrogens with zero attached hydrogens (tertiary/aromatic N) is 2. The summed E-state index contributed by atoms with van der Waals surface area (Å²) in [7, 11) is 0. The summed E-state index contributed by atoms with van der Waals surface area (Å²) in [4.78, 5) is 18.4. The van der Waals surface area contributed by atoms with Gasteiger partial charge in [-0.15, -0.1) is 0 Å². The lowest BCUT2D eigenvalue weighted by Gasteiger charge is -2.14. The van der Waals surface area contributed by atoms with E-state index in [2.05, 4.69) is 4.98 Å². The fourth-order valence-electron chi connectivity index (χ4n) is 1.91. The van der Waals surface area contributed by atoms with Gasteiger partial charge in [-0.05, 0) is 36.4 Å². The molecule has 0 aliphatic carbocycles. The first kappa shape index (κ1) is 15.1. The Bertz CT molecular complexity index is 795. The maximum Gasteiger partial charge on any atom is 0.270 e. The van der Waals surface area contributed by atoms with Crippen LogP contribution >= 0.6 is 35.6 Å². The molecule has 22 heavy (non-hydrogen) atoms. The van der Waals surface area contributed by atoms with E-state index in [0.29, 0.717) is 20.6 Å². The highest BCUT2D eigenvalue weighted by Gasteiger charge is 2.33. The number of halogens is 2. The van der Waals surface area contributed by atoms with Gasteiger partial charge < -0.3 is 0 Å². The van der Waals surface area contributed by atoms with Gasteiger partial charge in [0.1, 0.15) is 5.82 Å². The highest BCUT2D eigenvalue weighted by molar-refractivity contribution is 8.27. The Balaban J connectivity index is 1.95. The summed E-state index contributed by atoms with van der Waals surface area (Å²) in [6, 6.07) is 9.48. The van der Waals surface area contributed by atoms with Crippen LogP contribution in [0.5, 0.6) is 0 Å². The van der Waals surface area contributed by atoms with Gasteiger partial charge in [0, 0.05) is 6.20 Å². The summed E-state index contributed by atoms with van der Waals surface area (Å²) >= 11 is 12.2. The normalized spacial score (nSPS) is 16.6. The average molecular weight is 351 g/mol. The van der Waals surface area contributed by atoms with Crippen molar-refractivity contribution in [3.05, 3.63) is 64.0 Å². The molecule has 1 amide bonds. The lowest BCUT2D eigenvalue weighted by atomic mass is 10.2. The molecule has 1 aromatic carbocycles. The van der Waals surface area contributed by atoms with Crippen molar-refractivity contribution in [1.82, 2.24) is 4.98 Å². The Labute approximate surface area is 140 Å². The first-order chi connectivity index (χ1) is 10.6. The molecule has 0 radical (unpaired) electrons. The van der Waals surface area contributed by atoms with Crippen LogP contribution in [0.25, 0.3) is 6.08 Å². The predicted molar refractivity (Wildman–Crippen MR) is 91.3 cm³/mol. The third kappa shape index (κ3) is 2.90. The zero-order chi connectivity index (χ0) is 15.7. The SMILES string of the molecule is O=C1/C(=C/c2ccccn2)SC(=S)N1c1ccc(F)c(Cl)c1. The van der Waals surface area contributed by atoms with Crippen molar-refractivity contribution in [3.63, 3.8) is 0 Å². The number of thioether (sulfide) groups is 1. The van der Waals surface area contributed by atoms with Gasteiger partial charge in [-0.25, -0.2) is 4.39 Å². The first-order valence-electron chi connectivity index (χ1n) is 6.20. The number of carbonyl (C=O) groups excluding carboxylic acids is 1. The number of aromatic nitrogens is 1. The van der Waals surface area contributed by atoms with Gasteiger partial charge in [-0.2, -0.15) is 0 Å². The van der Waals surface area contributed by atoms with Gasteiger partial charge in [-0.3, -0.25) is 14.7 Å². The largest absolute Gasteiger partial charge is 0.270 e. The third-order valence-corrected chi connectivity index (χ3v) is 4.51. The lowest BCUT2D eigenvalue weighted by molar-refractivity contribution is -0.113. The van der Waals surface area contributed by atoms with Gasteiger partial charge in [-0.1, -0.05) is 41.6 Å². The van der Waals surface area contributed by atoms with Crippen molar-refractivity contribution in [1.29, 1.82) is 0 Å².